The molecule has 130 heavy (non-hydrogen) atoms. The first-order chi connectivity index (χ1) is 57.1. The second kappa shape index (κ2) is 36.2. The van der Waals surface area contributed by atoms with E-state index in [9.17, 15) is 147 Å². The Labute approximate surface area is 691 Å². The molecule has 0 aromatic carbocycles. The summed E-state index contributed by atoms with van der Waals surface area (Å²) in [6, 6.07) is 1.65. The summed E-state index contributed by atoms with van der Waals surface area (Å²) in [4.78, 5) is 0.883. The van der Waals surface area contributed by atoms with Crippen molar-refractivity contribution in [1.82, 2.24) is 20.9 Å². The molecule has 0 saturated heterocycles. The van der Waals surface area contributed by atoms with E-state index in [0.717, 1.165) is 4.90 Å². The quantitative estimate of drug-likeness (QED) is 0.0403. The van der Waals surface area contributed by atoms with Gasteiger partial charge in [0.05, 0.1) is 73.1 Å². The van der Waals surface area contributed by atoms with Crippen LogP contribution in [-0.4, -0.2) is 227 Å². The zero-order chi connectivity index (χ0) is 103. The maximum absolute atomic E-state index is 15.9. The van der Waals surface area contributed by atoms with Crippen molar-refractivity contribution < 1.29 is 251 Å². The topological polar surface area (TPSA) is 138 Å². The minimum atomic E-state index is -8.65. The van der Waals surface area contributed by atoms with Gasteiger partial charge in [0.25, 0.3) is 0 Å². The third kappa shape index (κ3) is 20.5. The van der Waals surface area contributed by atoms with Crippen LogP contribution >= 0.6 is 0 Å². The van der Waals surface area contributed by atoms with E-state index in [1.54, 1.807) is 0 Å². The van der Waals surface area contributed by atoms with Gasteiger partial charge in [-0.2, -0.15) is 253 Å². The molecule has 0 radical (unpaired) electrons. The normalized spacial score (nSPS) is 18.4. The van der Waals surface area contributed by atoms with Gasteiger partial charge in [0.15, 0.2) is 0 Å². The van der Waals surface area contributed by atoms with Crippen LogP contribution < -0.4 is 16.0 Å². The van der Waals surface area contributed by atoms with Crippen LogP contribution in [0.15, 0.2) is 67.2 Å². The number of hydrogen-bond donors (Lipinski definition) is 3. The molecule has 0 atom stereocenters. The molecular weight excluding hydrogens is 1960 g/mol. The Balaban J connectivity index is 2.30. The fourth-order valence-corrected chi connectivity index (χ4v) is 12.6. The van der Waals surface area contributed by atoms with Crippen LogP contribution in [-0.2, 0) is 14.2 Å². The third-order valence-corrected chi connectivity index (χ3v) is 19.1. The van der Waals surface area contributed by atoms with Crippen molar-refractivity contribution in [3.8, 4) is 18.2 Å². The van der Waals surface area contributed by atoms with Gasteiger partial charge < -0.3 is 30.2 Å². The second-order valence-electron chi connectivity index (χ2n) is 30.8. The van der Waals surface area contributed by atoms with Crippen molar-refractivity contribution in [3.05, 3.63) is 67.2 Å². The lowest BCUT2D eigenvalue weighted by molar-refractivity contribution is -0.407. The van der Waals surface area contributed by atoms with E-state index in [1.165, 1.54) is 0 Å². The van der Waals surface area contributed by atoms with E-state index in [0.29, 0.717) is 59.8 Å². The molecule has 0 aromatic heterocycles. The summed E-state index contributed by atoms with van der Waals surface area (Å²) in [5.41, 5.74) is -43.0. The molecule has 0 aromatic rings. The highest BCUT2D eigenvalue weighted by Crippen LogP contribution is 2.70. The number of rotatable bonds is 39. The van der Waals surface area contributed by atoms with Gasteiger partial charge in [0.1, 0.15) is 18.2 Å². The number of hydrogen-bond acceptors (Lipinski definition) is 10. The minimum absolute atomic E-state index is 0.519. The molecule has 3 rings (SSSR count). The molecule has 0 amide bonds. The van der Waals surface area contributed by atoms with Crippen molar-refractivity contribution in [2.45, 2.75) is 224 Å². The van der Waals surface area contributed by atoms with Crippen LogP contribution in [0.2, 0.25) is 0 Å². The number of allylic oxidation sites excluding steroid dienone is 12. The fraction of sp³-hybridized carbons (Fsp3) is 0.773. The number of alkyl halides is 54. The monoisotopic (exact) mass is 2020 g/mol. The summed E-state index contributed by atoms with van der Waals surface area (Å²) in [5.74, 6) is -153. The van der Waals surface area contributed by atoms with E-state index in [4.69, 9.17) is 14.2 Å². The molecule has 3 N–H and O–H groups in total. The largest absolute Gasteiger partial charge is 0.460 e. The zero-order valence-corrected chi connectivity index (χ0v) is 64.7. The van der Waals surface area contributed by atoms with Crippen molar-refractivity contribution in [2.75, 3.05) is 78.9 Å². The lowest BCUT2D eigenvalue weighted by Gasteiger charge is -2.43. The first-order valence-corrected chi connectivity index (χ1v) is 34.6. The highest BCUT2D eigenvalue weighted by atomic mass is 19.5. The van der Waals surface area contributed by atoms with Gasteiger partial charge in [-0.05, 0) is 71.5 Å². The highest BCUT2D eigenvalue weighted by Gasteiger charge is 2.94. The van der Waals surface area contributed by atoms with Crippen molar-refractivity contribution in [3.63, 3.8) is 0 Å². The number of halogens is 54. The Morgan fingerprint density at radius 2 is 0.392 bits per heavy atom. The molecule has 3 aliphatic rings. The molecule has 0 aliphatic heterocycles. The number of nitrogens with zero attached hydrogens (tertiary/aromatic N) is 4. The van der Waals surface area contributed by atoms with E-state index in [2.05, 4.69) is 0 Å². The molecule has 0 spiro atoms. The van der Waals surface area contributed by atoms with E-state index < -0.39 is 345 Å². The predicted octanol–water partition coefficient (Wildman–Crippen LogP) is 23.6. The number of nitriles is 3. The van der Waals surface area contributed by atoms with Gasteiger partial charge in [-0.25, -0.2) is 0 Å². The maximum Gasteiger partial charge on any atom is 0.460 e. The molecule has 752 valence electrons. The van der Waals surface area contributed by atoms with Crippen LogP contribution in [0.1, 0.15) is 80.1 Å². The highest BCUT2D eigenvalue weighted by molar-refractivity contribution is 5.58. The third-order valence-electron chi connectivity index (χ3n) is 19.1. The van der Waals surface area contributed by atoms with Crippen molar-refractivity contribution in [1.29, 1.82) is 15.8 Å². The Morgan fingerprint density at radius 1 is 0.246 bits per heavy atom. The minimum Gasteiger partial charge on any atom is -0.385 e. The van der Waals surface area contributed by atoms with Gasteiger partial charge in [0.2, 0.25) is 0 Å². The average molecular weight is 2020 g/mol. The van der Waals surface area contributed by atoms with Crippen LogP contribution in [0.4, 0.5) is 237 Å². The Hall–Kier alpha value is -7.63. The molecular formula is C66H57F54N7O3. The van der Waals surface area contributed by atoms with Gasteiger partial charge in [-0.15, -0.1) is 0 Å². The number of ether oxygens (including phenoxy) is 3. The van der Waals surface area contributed by atoms with Gasteiger partial charge >= 0.3 is 144 Å². The Bertz CT molecular complexity index is 3790. The molecule has 10 nitrogen and oxygen atoms in total. The fourth-order valence-electron chi connectivity index (χ4n) is 12.6. The first-order valence-electron chi connectivity index (χ1n) is 34.6. The van der Waals surface area contributed by atoms with Crippen molar-refractivity contribution in [2.24, 2.45) is 16.2 Å². The summed E-state index contributed by atoms with van der Waals surface area (Å²) < 4.78 is 797. The van der Waals surface area contributed by atoms with Gasteiger partial charge in [-0.3, -0.25) is 4.90 Å². The van der Waals surface area contributed by atoms with Crippen LogP contribution in [0.25, 0.3) is 0 Å². The zero-order valence-electron chi connectivity index (χ0n) is 64.7. The Morgan fingerprint density at radius 3 is 0.523 bits per heavy atom. The van der Waals surface area contributed by atoms with Gasteiger partial charge in [0, 0.05) is 56.4 Å². The van der Waals surface area contributed by atoms with E-state index in [-0.39, 0.29) is 0 Å². The van der Waals surface area contributed by atoms with Gasteiger partial charge in [-0.1, -0.05) is 41.5 Å². The lowest BCUT2D eigenvalue weighted by Crippen LogP contribution is -2.67. The van der Waals surface area contributed by atoms with E-state index in [1.807, 2.05) is 16.0 Å². The number of nitrogens with one attached hydrogen (secondary N) is 3. The standard InChI is InChI=1S/C66H57F54N7O3/c1-40(2)19-28(37(43(67,68)49(79,80)55(91,92)61(103,104)105)44(69,70)50(81,82)56(93,94)62(106,107)108)31(25-121)34(22-40)124-7-13-128-16-10-127(11-17-129-14-8-125-35-23-41(3,4)20-29(32(35)26-122)38(45(71,72)51(83,84)57(95,96)63(109,110)111)46(73,74)52(85,86)58(97,98)64(112,113)114)12-18-130-15-9-126-36-24-42(5,6)21-30(33(36)27-123)39(47(75,76)53(87,88)59(99,100)65(115,116)117)48(77,78)54(89,90)60(101,102)66(118,119)120/h124-126H,7-24H2,1-6H3. The molecule has 0 heterocycles. The Kier molecular flexibility index (Phi) is 32.5. The molecule has 0 fully saturated rings. The van der Waals surface area contributed by atoms with Crippen molar-refractivity contribution >= 4 is 0 Å². The molecule has 3 aliphatic carbocycles. The molecule has 0 bridgehead atoms. The van der Waals surface area contributed by atoms with Crippen LogP contribution in [0.5, 0.6) is 0 Å². The van der Waals surface area contributed by atoms with E-state index >= 15 is 105 Å². The lowest BCUT2D eigenvalue weighted by atomic mass is 9.70. The smallest absolute Gasteiger partial charge is 0.385 e. The predicted molar refractivity (Wildman–Crippen MR) is 326 cm³/mol. The molecule has 0 unspecified atom stereocenters. The SMILES string of the molecule is CC1(C)CC(NCCOCCN(CCOCCNC2=C(C#N)C(=C(C(F)(F)C(F)(F)C(F)(F)C(F)(F)F)C(F)(F)C(F)(F)C(F)(F)C(F)(F)F)CC(C)(C)C2)CCOCCNC2=C(C#N)C(=C(C(F)(F)C(F)(F)C(F)(F)C(F)(F)F)C(F)(F)C(F)(F)C(F)(F)C(F)(F)F)CC(C)(C)C2)=C(C#N)C(=C(C(F)(F)C(F)(F)C(F)(F)C(F)(F)F)C(F)(F)C(F)(F)C(F)(F)C(F)(F)F)C1. The first kappa shape index (κ1) is 117. The summed E-state index contributed by atoms with van der Waals surface area (Å²) in [7, 11) is 0. The molecule has 0 saturated carbocycles. The maximum atomic E-state index is 15.9. The average Bonchev–Trinajstić information content (AvgIpc) is 0.701. The summed E-state index contributed by atoms with van der Waals surface area (Å²) in [6.45, 7) is -9.34. The summed E-state index contributed by atoms with van der Waals surface area (Å²) in [5, 5.41) is 35.5. The second-order valence-corrected chi connectivity index (χ2v) is 30.8. The molecule has 64 heteroatoms. The summed E-state index contributed by atoms with van der Waals surface area (Å²) >= 11 is 0. The summed E-state index contributed by atoms with van der Waals surface area (Å²) in [6.07, 6.45) is -58.8. The van der Waals surface area contributed by atoms with Crippen LogP contribution in [0, 0.1) is 50.2 Å². The van der Waals surface area contributed by atoms with Crippen LogP contribution in [0.3, 0.4) is 0 Å².